The first-order valence-electron chi connectivity index (χ1n) is 6.00. The average Bonchev–Trinajstić information content (AvgIpc) is 2.37. The zero-order valence-corrected chi connectivity index (χ0v) is 11.3. The lowest BCUT2D eigenvalue weighted by atomic mass is 10.1. The van der Waals surface area contributed by atoms with Gasteiger partial charge in [-0.25, -0.2) is 4.39 Å². The minimum Gasteiger partial charge on any atom is -0.488 e. The normalized spacial score (nSPS) is 12.2. The predicted molar refractivity (Wildman–Crippen MR) is 74.8 cm³/mol. The molecule has 0 aliphatic heterocycles. The number of ether oxygens (including phenoxy) is 1. The van der Waals surface area contributed by atoms with Gasteiger partial charge in [-0.15, -0.1) is 0 Å². The van der Waals surface area contributed by atoms with E-state index in [1.54, 1.807) is 25.1 Å². The molecule has 0 heterocycles. The molecule has 2 aromatic carbocycles. The van der Waals surface area contributed by atoms with Crippen LogP contribution in [-0.4, -0.2) is 0 Å². The van der Waals surface area contributed by atoms with Crippen LogP contribution in [0.1, 0.15) is 24.1 Å². The third kappa shape index (κ3) is 3.25. The van der Waals surface area contributed by atoms with Gasteiger partial charge < -0.3 is 10.5 Å². The van der Waals surface area contributed by atoms with Crippen LogP contribution in [0.3, 0.4) is 0 Å². The fraction of sp³-hybridized carbons (Fsp3) is 0.200. The molecular formula is C15H15ClFNO. The highest BCUT2D eigenvalue weighted by Gasteiger charge is 2.13. The summed E-state index contributed by atoms with van der Waals surface area (Å²) in [6.45, 7) is 2.00. The fourth-order valence-electron chi connectivity index (χ4n) is 1.86. The van der Waals surface area contributed by atoms with Gasteiger partial charge in [0, 0.05) is 22.2 Å². The summed E-state index contributed by atoms with van der Waals surface area (Å²) in [4.78, 5) is 0. The maximum absolute atomic E-state index is 13.7. The topological polar surface area (TPSA) is 35.2 Å². The third-order valence-electron chi connectivity index (χ3n) is 2.81. The van der Waals surface area contributed by atoms with Gasteiger partial charge in [-0.3, -0.25) is 0 Å². The second kappa shape index (κ2) is 6.04. The van der Waals surface area contributed by atoms with Crippen LogP contribution < -0.4 is 10.5 Å². The second-order valence-electron chi connectivity index (χ2n) is 4.32. The largest absolute Gasteiger partial charge is 0.488 e. The van der Waals surface area contributed by atoms with E-state index >= 15 is 0 Å². The molecule has 0 amide bonds. The lowest BCUT2D eigenvalue weighted by Crippen LogP contribution is -2.10. The summed E-state index contributed by atoms with van der Waals surface area (Å²) >= 11 is 6.05. The molecule has 2 nitrogen and oxygen atoms in total. The summed E-state index contributed by atoms with van der Waals surface area (Å²) in [5, 5.41) is 0.626. The summed E-state index contributed by atoms with van der Waals surface area (Å²) in [5.41, 5.74) is 7.00. The highest BCUT2D eigenvalue weighted by Crippen LogP contribution is 2.28. The first kappa shape index (κ1) is 13.8. The van der Waals surface area contributed by atoms with Crippen LogP contribution >= 0.6 is 11.6 Å². The second-order valence-corrected chi connectivity index (χ2v) is 4.73. The Morgan fingerprint density at radius 2 is 1.95 bits per heavy atom. The van der Waals surface area contributed by atoms with Gasteiger partial charge in [0.15, 0.2) is 0 Å². The molecule has 0 radical (unpaired) electrons. The van der Waals surface area contributed by atoms with Gasteiger partial charge in [-0.05, 0) is 25.1 Å². The van der Waals surface area contributed by atoms with Crippen molar-refractivity contribution in [2.45, 2.75) is 19.6 Å². The smallest absolute Gasteiger partial charge is 0.131 e. The van der Waals surface area contributed by atoms with Crippen LogP contribution in [0.25, 0.3) is 0 Å². The molecule has 2 N–H and O–H groups in total. The van der Waals surface area contributed by atoms with Crippen molar-refractivity contribution >= 4 is 11.6 Å². The van der Waals surface area contributed by atoms with E-state index in [2.05, 4.69) is 0 Å². The van der Waals surface area contributed by atoms with Crippen LogP contribution in [0.2, 0.25) is 5.02 Å². The highest BCUT2D eigenvalue weighted by molar-refractivity contribution is 6.31. The lowest BCUT2D eigenvalue weighted by Gasteiger charge is -2.15. The Balaban J connectivity index is 2.21. The molecule has 2 rings (SSSR count). The molecule has 0 aliphatic rings. The van der Waals surface area contributed by atoms with Crippen molar-refractivity contribution in [3.8, 4) is 5.75 Å². The molecule has 0 fully saturated rings. The van der Waals surface area contributed by atoms with Crippen LogP contribution in [0.5, 0.6) is 5.75 Å². The van der Waals surface area contributed by atoms with E-state index in [9.17, 15) is 4.39 Å². The van der Waals surface area contributed by atoms with E-state index in [1.807, 2.05) is 18.2 Å². The Bertz CT molecular complexity index is 572. The summed E-state index contributed by atoms with van der Waals surface area (Å²) in [6, 6.07) is 11.6. The van der Waals surface area contributed by atoms with Crippen molar-refractivity contribution in [3.63, 3.8) is 0 Å². The zero-order valence-electron chi connectivity index (χ0n) is 10.6. The van der Waals surface area contributed by atoms with Gasteiger partial charge in [0.2, 0.25) is 0 Å². The first-order valence-corrected chi connectivity index (χ1v) is 6.37. The Labute approximate surface area is 117 Å². The average molecular weight is 280 g/mol. The number of hydrogen-bond donors (Lipinski definition) is 1. The maximum atomic E-state index is 13.7. The van der Waals surface area contributed by atoms with E-state index in [0.29, 0.717) is 16.3 Å². The van der Waals surface area contributed by atoms with Gasteiger partial charge in [-0.1, -0.05) is 35.9 Å². The van der Waals surface area contributed by atoms with E-state index in [0.717, 1.165) is 5.56 Å². The molecule has 1 atom stereocenters. The van der Waals surface area contributed by atoms with Crippen LogP contribution in [0.15, 0.2) is 42.5 Å². The molecule has 0 spiro atoms. The van der Waals surface area contributed by atoms with Crippen molar-refractivity contribution in [1.82, 2.24) is 0 Å². The first-order chi connectivity index (χ1) is 9.09. The van der Waals surface area contributed by atoms with Gasteiger partial charge in [0.1, 0.15) is 18.2 Å². The van der Waals surface area contributed by atoms with Crippen molar-refractivity contribution < 1.29 is 9.13 Å². The number of hydrogen-bond acceptors (Lipinski definition) is 2. The molecule has 0 aliphatic carbocycles. The molecule has 19 heavy (non-hydrogen) atoms. The molecule has 0 saturated carbocycles. The van der Waals surface area contributed by atoms with Crippen LogP contribution in [0, 0.1) is 5.82 Å². The molecule has 1 unspecified atom stereocenters. The number of nitrogens with two attached hydrogens (primary N) is 1. The summed E-state index contributed by atoms with van der Waals surface area (Å²) in [7, 11) is 0. The highest BCUT2D eigenvalue weighted by atomic mass is 35.5. The van der Waals surface area contributed by atoms with E-state index in [-0.39, 0.29) is 12.4 Å². The quantitative estimate of drug-likeness (QED) is 0.915. The molecule has 100 valence electrons. The van der Waals surface area contributed by atoms with Gasteiger partial charge in [0.05, 0.1) is 0 Å². The fourth-order valence-corrected chi connectivity index (χ4v) is 2.05. The van der Waals surface area contributed by atoms with Crippen molar-refractivity contribution in [1.29, 1.82) is 0 Å². The lowest BCUT2D eigenvalue weighted by molar-refractivity contribution is 0.299. The number of benzene rings is 2. The van der Waals surface area contributed by atoms with Crippen molar-refractivity contribution in [3.05, 3.63) is 64.4 Å². The van der Waals surface area contributed by atoms with Gasteiger partial charge in [0.25, 0.3) is 0 Å². The monoisotopic (exact) mass is 279 g/mol. The van der Waals surface area contributed by atoms with Gasteiger partial charge >= 0.3 is 0 Å². The standard InChI is InChI=1S/C15H15ClFNO/c1-10(18)15-13(17)7-4-8-14(15)19-9-11-5-2-3-6-12(11)16/h2-8,10H,9,18H2,1H3. The van der Waals surface area contributed by atoms with Crippen LogP contribution in [0.4, 0.5) is 4.39 Å². The molecule has 0 aromatic heterocycles. The minimum absolute atomic E-state index is 0.281. The van der Waals surface area contributed by atoms with E-state index in [1.165, 1.54) is 6.07 Å². The van der Waals surface area contributed by atoms with Crippen molar-refractivity contribution in [2.75, 3.05) is 0 Å². The van der Waals surface area contributed by atoms with E-state index < -0.39 is 6.04 Å². The molecule has 0 saturated heterocycles. The van der Waals surface area contributed by atoms with Crippen molar-refractivity contribution in [2.24, 2.45) is 5.73 Å². The summed E-state index contributed by atoms with van der Waals surface area (Å²) < 4.78 is 19.4. The Kier molecular flexibility index (Phi) is 4.40. The zero-order chi connectivity index (χ0) is 13.8. The Morgan fingerprint density at radius 1 is 1.21 bits per heavy atom. The molecule has 0 bridgehead atoms. The van der Waals surface area contributed by atoms with Crippen LogP contribution in [-0.2, 0) is 6.61 Å². The summed E-state index contributed by atoms with van der Waals surface area (Å²) in [6.07, 6.45) is 0. The molecule has 4 heteroatoms. The Hall–Kier alpha value is -1.58. The summed E-state index contributed by atoms with van der Waals surface area (Å²) in [5.74, 6) is 0.0987. The molecule has 2 aromatic rings. The minimum atomic E-state index is -0.428. The predicted octanol–water partition coefficient (Wildman–Crippen LogP) is 4.08. The third-order valence-corrected chi connectivity index (χ3v) is 3.18. The van der Waals surface area contributed by atoms with E-state index in [4.69, 9.17) is 22.1 Å². The van der Waals surface area contributed by atoms with Gasteiger partial charge in [-0.2, -0.15) is 0 Å². The number of halogens is 2. The Morgan fingerprint density at radius 3 is 2.63 bits per heavy atom. The SMILES string of the molecule is CC(N)c1c(F)cccc1OCc1ccccc1Cl. The maximum Gasteiger partial charge on any atom is 0.131 e. The molecular weight excluding hydrogens is 265 g/mol. The number of rotatable bonds is 4.